The number of nitrogens with one attached hydrogen (secondary N) is 1. The standard InChI is InChI=1S/C14H18BrClN4/c1-3-6-20-14(12(16)8-18-20)13(19-17)11-7-10(15)5-4-9(11)2/h4-5,7-8,13,19H,3,6,17H2,1-2H3. The van der Waals surface area contributed by atoms with E-state index in [0.29, 0.717) is 5.02 Å². The van der Waals surface area contributed by atoms with Crippen LogP contribution in [0.4, 0.5) is 0 Å². The Bertz CT molecular complexity index is 597. The van der Waals surface area contributed by atoms with Crippen LogP contribution >= 0.6 is 27.5 Å². The molecule has 6 heteroatoms. The summed E-state index contributed by atoms with van der Waals surface area (Å²) in [5.41, 5.74) is 6.00. The monoisotopic (exact) mass is 356 g/mol. The first kappa shape index (κ1) is 15.5. The molecule has 0 aliphatic carbocycles. The van der Waals surface area contributed by atoms with Gasteiger partial charge in [0.2, 0.25) is 0 Å². The smallest absolute Gasteiger partial charge is 0.0896 e. The summed E-state index contributed by atoms with van der Waals surface area (Å²) in [6.45, 7) is 4.97. The normalized spacial score (nSPS) is 12.7. The van der Waals surface area contributed by atoms with Crippen LogP contribution in [0, 0.1) is 6.92 Å². The van der Waals surface area contributed by atoms with E-state index < -0.39 is 0 Å². The second kappa shape index (κ2) is 6.72. The maximum atomic E-state index is 6.31. The number of aryl methyl sites for hydroxylation is 2. The Morgan fingerprint density at radius 2 is 2.25 bits per heavy atom. The molecule has 0 radical (unpaired) electrons. The highest BCUT2D eigenvalue weighted by molar-refractivity contribution is 9.10. The van der Waals surface area contributed by atoms with Crippen LogP contribution in [0.3, 0.4) is 0 Å². The van der Waals surface area contributed by atoms with E-state index in [1.54, 1.807) is 6.20 Å². The summed E-state index contributed by atoms with van der Waals surface area (Å²) < 4.78 is 2.92. The van der Waals surface area contributed by atoms with Crippen LogP contribution in [0.15, 0.2) is 28.9 Å². The zero-order valence-electron chi connectivity index (χ0n) is 11.5. The third kappa shape index (κ3) is 3.06. The molecule has 1 unspecified atom stereocenters. The first-order valence-electron chi connectivity index (χ1n) is 6.51. The average molecular weight is 358 g/mol. The number of hydrogen-bond acceptors (Lipinski definition) is 3. The fourth-order valence-corrected chi connectivity index (χ4v) is 2.92. The van der Waals surface area contributed by atoms with Gasteiger partial charge in [-0.2, -0.15) is 5.10 Å². The number of aromatic nitrogens is 2. The van der Waals surface area contributed by atoms with Gasteiger partial charge in [-0.05, 0) is 36.6 Å². The quantitative estimate of drug-likeness (QED) is 0.635. The maximum Gasteiger partial charge on any atom is 0.0896 e. The van der Waals surface area contributed by atoms with Crippen molar-refractivity contribution in [2.24, 2.45) is 5.84 Å². The Morgan fingerprint density at radius 3 is 2.90 bits per heavy atom. The Hall–Kier alpha value is -0.880. The van der Waals surface area contributed by atoms with Crippen molar-refractivity contribution in [3.8, 4) is 0 Å². The second-order valence-corrected chi connectivity index (χ2v) is 6.02. The van der Waals surface area contributed by atoms with Crippen molar-refractivity contribution in [3.05, 3.63) is 50.7 Å². The highest BCUT2D eigenvalue weighted by Gasteiger charge is 2.22. The molecule has 4 nitrogen and oxygen atoms in total. The third-order valence-electron chi connectivity index (χ3n) is 3.26. The topological polar surface area (TPSA) is 55.9 Å². The molecule has 3 N–H and O–H groups in total. The minimum Gasteiger partial charge on any atom is -0.271 e. The maximum absolute atomic E-state index is 6.31. The number of benzene rings is 1. The molecule has 1 aromatic carbocycles. The fraction of sp³-hybridized carbons (Fsp3) is 0.357. The highest BCUT2D eigenvalue weighted by atomic mass is 79.9. The molecule has 0 amide bonds. The Labute approximate surface area is 132 Å². The van der Waals surface area contributed by atoms with Crippen molar-refractivity contribution in [1.82, 2.24) is 15.2 Å². The van der Waals surface area contributed by atoms with E-state index in [1.165, 1.54) is 0 Å². The summed E-state index contributed by atoms with van der Waals surface area (Å²) in [6, 6.07) is 5.93. The zero-order valence-corrected chi connectivity index (χ0v) is 13.9. The molecule has 1 aromatic heterocycles. The van der Waals surface area contributed by atoms with E-state index in [2.05, 4.69) is 52.4 Å². The predicted octanol–water partition coefficient (Wildman–Crippen LogP) is 3.57. The Balaban J connectivity index is 2.52. The molecule has 2 rings (SSSR count). The summed E-state index contributed by atoms with van der Waals surface area (Å²) in [5, 5.41) is 4.96. The largest absolute Gasteiger partial charge is 0.271 e. The lowest BCUT2D eigenvalue weighted by Crippen LogP contribution is -2.31. The molecule has 1 atom stereocenters. The van der Waals surface area contributed by atoms with Crippen LogP contribution in [0.25, 0.3) is 0 Å². The van der Waals surface area contributed by atoms with Crippen molar-refractivity contribution in [3.63, 3.8) is 0 Å². The summed E-state index contributed by atoms with van der Waals surface area (Å²) in [6.07, 6.45) is 2.66. The van der Waals surface area contributed by atoms with E-state index in [4.69, 9.17) is 17.4 Å². The molecule has 0 aliphatic heterocycles. The summed E-state index contributed by atoms with van der Waals surface area (Å²) in [7, 11) is 0. The van der Waals surface area contributed by atoms with E-state index in [0.717, 1.165) is 34.3 Å². The molecule has 0 aliphatic rings. The molecule has 0 saturated carbocycles. The number of hydrogen-bond donors (Lipinski definition) is 2. The van der Waals surface area contributed by atoms with Gasteiger partial charge in [-0.1, -0.05) is 40.5 Å². The lowest BCUT2D eigenvalue weighted by atomic mass is 9.99. The minimum atomic E-state index is -0.186. The van der Waals surface area contributed by atoms with Gasteiger partial charge in [0.25, 0.3) is 0 Å². The van der Waals surface area contributed by atoms with E-state index in [9.17, 15) is 0 Å². The number of nitrogens with zero attached hydrogens (tertiary/aromatic N) is 2. The highest BCUT2D eigenvalue weighted by Crippen LogP contribution is 2.31. The van der Waals surface area contributed by atoms with E-state index in [-0.39, 0.29) is 6.04 Å². The SMILES string of the molecule is CCCn1ncc(Cl)c1C(NN)c1cc(Br)ccc1C. The van der Waals surface area contributed by atoms with Crippen LogP contribution in [-0.2, 0) is 6.54 Å². The van der Waals surface area contributed by atoms with Crippen LogP contribution in [0.1, 0.15) is 36.2 Å². The summed E-state index contributed by atoms with van der Waals surface area (Å²) in [4.78, 5) is 0. The molecular weight excluding hydrogens is 340 g/mol. The van der Waals surface area contributed by atoms with Gasteiger partial charge in [0.15, 0.2) is 0 Å². The minimum absolute atomic E-state index is 0.186. The van der Waals surface area contributed by atoms with Gasteiger partial charge in [0, 0.05) is 11.0 Å². The van der Waals surface area contributed by atoms with Crippen molar-refractivity contribution < 1.29 is 0 Å². The van der Waals surface area contributed by atoms with Crippen molar-refractivity contribution in [2.45, 2.75) is 32.9 Å². The van der Waals surface area contributed by atoms with Crippen molar-refractivity contribution >= 4 is 27.5 Å². The van der Waals surface area contributed by atoms with E-state index in [1.807, 2.05) is 10.7 Å². The van der Waals surface area contributed by atoms with Gasteiger partial charge in [0.05, 0.1) is 23.0 Å². The molecule has 1 heterocycles. The van der Waals surface area contributed by atoms with Gasteiger partial charge in [-0.3, -0.25) is 10.5 Å². The lowest BCUT2D eigenvalue weighted by Gasteiger charge is -2.21. The Kier molecular flexibility index (Phi) is 5.21. The van der Waals surface area contributed by atoms with Crippen LogP contribution < -0.4 is 11.3 Å². The number of hydrazine groups is 1. The molecular formula is C14H18BrClN4. The van der Waals surface area contributed by atoms with Crippen molar-refractivity contribution in [1.29, 1.82) is 0 Å². The molecule has 0 bridgehead atoms. The first-order valence-corrected chi connectivity index (χ1v) is 7.69. The van der Waals surface area contributed by atoms with Gasteiger partial charge in [0.1, 0.15) is 0 Å². The van der Waals surface area contributed by atoms with E-state index >= 15 is 0 Å². The molecule has 20 heavy (non-hydrogen) atoms. The second-order valence-electron chi connectivity index (χ2n) is 4.70. The molecule has 0 spiro atoms. The van der Waals surface area contributed by atoms with Gasteiger partial charge < -0.3 is 0 Å². The first-order chi connectivity index (χ1) is 9.58. The van der Waals surface area contributed by atoms with Crippen molar-refractivity contribution in [2.75, 3.05) is 0 Å². The van der Waals surface area contributed by atoms with Gasteiger partial charge in [-0.15, -0.1) is 0 Å². The summed E-state index contributed by atoms with van der Waals surface area (Å²) >= 11 is 9.81. The zero-order chi connectivity index (χ0) is 14.7. The predicted molar refractivity (Wildman–Crippen MR) is 85.6 cm³/mol. The van der Waals surface area contributed by atoms with Gasteiger partial charge >= 0.3 is 0 Å². The molecule has 0 fully saturated rings. The number of halogens is 2. The third-order valence-corrected chi connectivity index (χ3v) is 4.05. The average Bonchev–Trinajstić information content (AvgIpc) is 2.77. The Morgan fingerprint density at radius 1 is 1.50 bits per heavy atom. The van der Waals surface area contributed by atoms with Gasteiger partial charge in [-0.25, -0.2) is 5.43 Å². The number of rotatable bonds is 5. The fourth-order valence-electron chi connectivity index (χ4n) is 2.29. The van der Waals surface area contributed by atoms with Crippen LogP contribution in [0.5, 0.6) is 0 Å². The summed E-state index contributed by atoms with van der Waals surface area (Å²) in [5.74, 6) is 5.78. The van der Waals surface area contributed by atoms with Crippen LogP contribution in [-0.4, -0.2) is 9.78 Å². The molecule has 0 saturated heterocycles. The number of nitrogens with two attached hydrogens (primary N) is 1. The molecule has 108 valence electrons. The molecule has 2 aromatic rings. The lowest BCUT2D eigenvalue weighted by molar-refractivity contribution is 0.520. The van der Waals surface area contributed by atoms with Crippen LogP contribution in [0.2, 0.25) is 5.02 Å².